The summed E-state index contributed by atoms with van der Waals surface area (Å²) in [5.41, 5.74) is 6.11. The second-order valence-electron chi connectivity index (χ2n) is 6.26. The third-order valence-corrected chi connectivity index (χ3v) is 3.57. The lowest BCUT2D eigenvalue weighted by atomic mass is 9.79. The van der Waals surface area contributed by atoms with Crippen molar-refractivity contribution in [3.63, 3.8) is 0 Å². The topological polar surface area (TPSA) is 58.4 Å². The molecule has 1 atom stereocenters. The summed E-state index contributed by atoms with van der Waals surface area (Å²) in [6, 6.07) is 0. The molecule has 1 amide bonds. The van der Waals surface area contributed by atoms with Crippen LogP contribution in [-0.2, 0) is 4.79 Å². The number of piperidine rings is 1. The van der Waals surface area contributed by atoms with E-state index in [1.807, 2.05) is 0 Å². The Labute approximate surface area is 97.6 Å². The van der Waals surface area contributed by atoms with Crippen molar-refractivity contribution in [2.75, 3.05) is 26.2 Å². The second-order valence-corrected chi connectivity index (χ2v) is 6.26. The summed E-state index contributed by atoms with van der Waals surface area (Å²) in [5.74, 6) is 0.217. The van der Waals surface area contributed by atoms with Crippen LogP contribution in [0.1, 0.15) is 33.1 Å². The van der Waals surface area contributed by atoms with Gasteiger partial charge in [-0.1, -0.05) is 0 Å². The number of nitrogens with one attached hydrogen (secondary N) is 1. The number of rotatable bonds is 2. The van der Waals surface area contributed by atoms with E-state index in [4.69, 9.17) is 5.73 Å². The molecule has 0 aromatic carbocycles. The minimum atomic E-state index is -0.144. The van der Waals surface area contributed by atoms with Crippen molar-refractivity contribution >= 4 is 5.91 Å². The maximum atomic E-state index is 11.4. The minimum absolute atomic E-state index is 0.144. The standard InChI is InChI=1S/C12H23N3O/c1-11(2,13)8-15-5-3-4-12(9-15)6-10(16)14-7-12/h3-9,13H2,1-2H3,(H,14,16). The number of nitrogens with zero attached hydrogens (tertiary/aromatic N) is 1. The minimum Gasteiger partial charge on any atom is -0.355 e. The Kier molecular flexibility index (Phi) is 2.97. The first kappa shape index (κ1) is 11.9. The number of nitrogens with two attached hydrogens (primary N) is 1. The lowest BCUT2D eigenvalue weighted by molar-refractivity contribution is -0.119. The van der Waals surface area contributed by atoms with E-state index in [1.165, 1.54) is 12.8 Å². The molecular weight excluding hydrogens is 202 g/mol. The van der Waals surface area contributed by atoms with Crippen molar-refractivity contribution in [2.45, 2.75) is 38.6 Å². The number of hydrogen-bond acceptors (Lipinski definition) is 3. The Bertz CT molecular complexity index is 284. The Morgan fingerprint density at radius 3 is 2.88 bits per heavy atom. The van der Waals surface area contributed by atoms with Crippen LogP contribution < -0.4 is 11.1 Å². The SMILES string of the molecule is CC(C)(N)CN1CCCC2(CNC(=O)C2)C1. The summed E-state index contributed by atoms with van der Waals surface area (Å²) >= 11 is 0. The molecule has 2 aliphatic heterocycles. The molecule has 0 aromatic rings. The molecule has 1 unspecified atom stereocenters. The zero-order chi connectivity index (χ0) is 11.8. The average Bonchev–Trinajstić information content (AvgIpc) is 2.44. The molecule has 1 spiro atoms. The molecule has 0 aliphatic carbocycles. The number of hydrogen-bond donors (Lipinski definition) is 2. The lowest BCUT2D eigenvalue weighted by Crippen LogP contribution is -2.52. The van der Waals surface area contributed by atoms with E-state index in [-0.39, 0.29) is 16.9 Å². The van der Waals surface area contributed by atoms with Crippen LogP contribution in [-0.4, -0.2) is 42.5 Å². The van der Waals surface area contributed by atoms with Gasteiger partial charge in [-0.3, -0.25) is 4.79 Å². The van der Waals surface area contributed by atoms with Crippen LogP contribution in [0.4, 0.5) is 0 Å². The molecule has 0 aromatic heterocycles. The fourth-order valence-electron chi connectivity index (χ4n) is 3.06. The Balaban J connectivity index is 1.96. The molecule has 2 aliphatic rings. The van der Waals surface area contributed by atoms with E-state index in [0.717, 1.165) is 26.2 Å². The summed E-state index contributed by atoms with van der Waals surface area (Å²) in [7, 11) is 0. The molecule has 2 rings (SSSR count). The van der Waals surface area contributed by atoms with Crippen LogP contribution in [0, 0.1) is 5.41 Å². The van der Waals surface area contributed by atoms with E-state index in [2.05, 4.69) is 24.1 Å². The predicted molar refractivity (Wildman–Crippen MR) is 64.0 cm³/mol. The quantitative estimate of drug-likeness (QED) is 0.712. The van der Waals surface area contributed by atoms with Crippen molar-refractivity contribution in [3.8, 4) is 0 Å². The first-order valence-corrected chi connectivity index (χ1v) is 6.17. The fourth-order valence-corrected chi connectivity index (χ4v) is 3.06. The van der Waals surface area contributed by atoms with Crippen molar-refractivity contribution in [1.82, 2.24) is 10.2 Å². The molecule has 92 valence electrons. The molecule has 2 saturated heterocycles. The Morgan fingerprint density at radius 2 is 2.31 bits per heavy atom. The van der Waals surface area contributed by atoms with E-state index in [9.17, 15) is 4.79 Å². The first-order chi connectivity index (χ1) is 7.39. The molecule has 4 nitrogen and oxygen atoms in total. The van der Waals surface area contributed by atoms with Gasteiger partial charge in [0.15, 0.2) is 0 Å². The van der Waals surface area contributed by atoms with Crippen LogP contribution in [0.15, 0.2) is 0 Å². The monoisotopic (exact) mass is 225 g/mol. The highest BCUT2D eigenvalue weighted by Crippen LogP contribution is 2.36. The summed E-state index contributed by atoms with van der Waals surface area (Å²) in [6.45, 7) is 8.04. The smallest absolute Gasteiger partial charge is 0.220 e. The third-order valence-electron chi connectivity index (χ3n) is 3.57. The third kappa shape index (κ3) is 2.74. The van der Waals surface area contributed by atoms with Crippen LogP contribution in [0.2, 0.25) is 0 Å². The van der Waals surface area contributed by atoms with E-state index >= 15 is 0 Å². The summed E-state index contributed by atoms with van der Waals surface area (Å²) in [5, 5.41) is 2.97. The van der Waals surface area contributed by atoms with Crippen LogP contribution in [0.3, 0.4) is 0 Å². The van der Waals surface area contributed by atoms with Crippen molar-refractivity contribution < 1.29 is 4.79 Å². The first-order valence-electron chi connectivity index (χ1n) is 6.17. The second kappa shape index (κ2) is 4.00. The summed E-state index contributed by atoms with van der Waals surface area (Å²) < 4.78 is 0. The lowest BCUT2D eigenvalue weighted by Gasteiger charge is -2.41. The zero-order valence-electron chi connectivity index (χ0n) is 10.4. The fraction of sp³-hybridized carbons (Fsp3) is 0.917. The highest BCUT2D eigenvalue weighted by molar-refractivity contribution is 5.79. The molecule has 2 heterocycles. The van der Waals surface area contributed by atoms with Gasteiger partial charge in [0.1, 0.15) is 0 Å². The number of amides is 1. The number of carbonyl (C=O) groups excluding carboxylic acids is 1. The summed E-state index contributed by atoms with van der Waals surface area (Å²) in [4.78, 5) is 13.8. The van der Waals surface area contributed by atoms with Crippen molar-refractivity contribution in [1.29, 1.82) is 0 Å². The van der Waals surface area contributed by atoms with E-state index in [0.29, 0.717) is 6.42 Å². The van der Waals surface area contributed by atoms with Crippen LogP contribution in [0.5, 0.6) is 0 Å². The number of likely N-dealkylation sites (tertiary alicyclic amines) is 1. The molecule has 4 heteroatoms. The van der Waals surface area contributed by atoms with Gasteiger partial charge in [-0.15, -0.1) is 0 Å². The highest BCUT2D eigenvalue weighted by Gasteiger charge is 2.42. The highest BCUT2D eigenvalue weighted by atomic mass is 16.1. The molecule has 0 bridgehead atoms. The Hall–Kier alpha value is -0.610. The van der Waals surface area contributed by atoms with Gasteiger partial charge in [0.25, 0.3) is 0 Å². The van der Waals surface area contributed by atoms with Gasteiger partial charge in [-0.25, -0.2) is 0 Å². The van der Waals surface area contributed by atoms with Gasteiger partial charge in [-0.05, 0) is 33.2 Å². The van der Waals surface area contributed by atoms with Crippen molar-refractivity contribution in [3.05, 3.63) is 0 Å². The van der Waals surface area contributed by atoms with Crippen molar-refractivity contribution in [2.24, 2.45) is 11.1 Å². The summed E-state index contributed by atoms with van der Waals surface area (Å²) in [6.07, 6.45) is 3.06. The normalized spacial score (nSPS) is 32.1. The average molecular weight is 225 g/mol. The molecule has 16 heavy (non-hydrogen) atoms. The van der Waals surface area contributed by atoms with Gasteiger partial charge in [0, 0.05) is 37.0 Å². The van der Waals surface area contributed by atoms with E-state index < -0.39 is 0 Å². The molecule has 0 radical (unpaired) electrons. The van der Waals surface area contributed by atoms with E-state index in [1.54, 1.807) is 0 Å². The van der Waals surface area contributed by atoms with Gasteiger partial charge in [0.05, 0.1) is 0 Å². The molecule has 0 saturated carbocycles. The van der Waals surface area contributed by atoms with Gasteiger partial charge < -0.3 is 16.0 Å². The number of carbonyl (C=O) groups is 1. The predicted octanol–water partition coefficient (Wildman–Crippen LogP) is 0.326. The zero-order valence-corrected chi connectivity index (χ0v) is 10.4. The van der Waals surface area contributed by atoms with Gasteiger partial charge in [0.2, 0.25) is 5.91 Å². The maximum Gasteiger partial charge on any atom is 0.220 e. The van der Waals surface area contributed by atoms with Crippen LogP contribution in [0.25, 0.3) is 0 Å². The molecular formula is C12H23N3O. The molecule has 2 fully saturated rings. The van der Waals surface area contributed by atoms with Gasteiger partial charge >= 0.3 is 0 Å². The Morgan fingerprint density at radius 1 is 1.56 bits per heavy atom. The molecule has 3 N–H and O–H groups in total. The van der Waals surface area contributed by atoms with Gasteiger partial charge in [-0.2, -0.15) is 0 Å². The maximum absolute atomic E-state index is 11.4. The van der Waals surface area contributed by atoms with Crippen LogP contribution >= 0.6 is 0 Å². The largest absolute Gasteiger partial charge is 0.355 e.